The minimum absolute atomic E-state index is 0.700. The third-order valence-corrected chi connectivity index (χ3v) is 3.20. The van der Waals surface area contributed by atoms with E-state index >= 15 is 0 Å². The van der Waals surface area contributed by atoms with Crippen LogP contribution in [-0.2, 0) is 6.42 Å². The number of halogens is 1. The zero-order valence-corrected chi connectivity index (χ0v) is 11.4. The van der Waals surface area contributed by atoms with Crippen molar-refractivity contribution >= 4 is 15.9 Å². The van der Waals surface area contributed by atoms with Crippen molar-refractivity contribution in [1.82, 2.24) is 0 Å². The zero-order valence-electron chi connectivity index (χ0n) is 9.82. The molecule has 0 N–H and O–H groups in total. The molecule has 0 saturated carbocycles. The summed E-state index contributed by atoms with van der Waals surface area (Å²) in [6.07, 6.45) is 0.932. The van der Waals surface area contributed by atoms with Gasteiger partial charge in [-0.1, -0.05) is 36.4 Å². The fraction of sp³-hybridized carbons (Fsp3) is 0.200. The molecule has 0 radical (unpaired) electrons. The van der Waals surface area contributed by atoms with E-state index in [1.807, 2.05) is 12.1 Å². The Kier molecular flexibility index (Phi) is 4.21. The van der Waals surface area contributed by atoms with E-state index in [1.54, 1.807) is 0 Å². The minimum Gasteiger partial charge on any atom is -0.492 e. The van der Waals surface area contributed by atoms with Gasteiger partial charge in [-0.05, 0) is 46.1 Å². The zero-order chi connectivity index (χ0) is 12.1. The van der Waals surface area contributed by atoms with Gasteiger partial charge in [0.15, 0.2) is 0 Å². The van der Waals surface area contributed by atoms with Crippen LogP contribution in [-0.4, -0.2) is 6.61 Å². The van der Waals surface area contributed by atoms with Crippen LogP contribution in [0.25, 0.3) is 0 Å². The molecular formula is C15H15BrO. The second-order valence-corrected chi connectivity index (χ2v) is 4.87. The third kappa shape index (κ3) is 3.60. The maximum absolute atomic E-state index is 5.75. The van der Waals surface area contributed by atoms with Gasteiger partial charge in [-0.2, -0.15) is 0 Å². The van der Waals surface area contributed by atoms with E-state index in [0.717, 1.165) is 16.6 Å². The number of hydrogen-bond acceptors (Lipinski definition) is 1. The highest BCUT2D eigenvalue weighted by molar-refractivity contribution is 9.10. The van der Waals surface area contributed by atoms with Crippen LogP contribution in [0.15, 0.2) is 53.0 Å². The lowest BCUT2D eigenvalue weighted by molar-refractivity contribution is 0.320. The Morgan fingerprint density at radius 1 is 1.06 bits per heavy atom. The highest BCUT2D eigenvalue weighted by Crippen LogP contribution is 2.25. The molecule has 2 aromatic rings. The molecule has 88 valence electrons. The molecule has 1 nitrogen and oxygen atoms in total. The summed E-state index contributed by atoms with van der Waals surface area (Å²) in [5.74, 6) is 0.909. The number of benzene rings is 2. The Morgan fingerprint density at radius 2 is 1.82 bits per heavy atom. The fourth-order valence-corrected chi connectivity index (χ4v) is 2.25. The van der Waals surface area contributed by atoms with Crippen molar-refractivity contribution in [3.8, 4) is 5.75 Å². The number of hydrogen-bond donors (Lipinski definition) is 0. The SMILES string of the molecule is Cc1ccc(OCCc2ccccc2)c(Br)c1. The van der Waals surface area contributed by atoms with Crippen LogP contribution in [0.3, 0.4) is 0 Å². The van der Waals surface area contributed by atoms with Gasteiger partial charge in [-0.15, -0.1) is 0 Å². The van der Waals surface area contributed by atoms with Crippen molar-refractivity contribution in [1.29, 1.82) is 0 Å². The van der Waals surface area contributed by atoms with Gasteiger partial charge in [0.1, 0.15) is 5.75 Å². The van der Waals surface area contributed by atoms with E-state index < -0.39 is 0 Å². The van der Waals surface area contributed by atoms with Crippen LogP contribution in [0.4, 0.5) is 0 Å². The summed E-state index contributed by atoms with van der Waals surface area (Å²) in [5, 5.41) is 0. The second-order valence-electron chi connectivity index (χ2n) is 4.02. The van der Waals surface area contributed by atoms with Crippen molar-refractivity contribution < 1.29 is 4.74 Å². The molecule has 0 saturated heterocycles. The third-order valence-electron chi connectivity index (χ3n) is 2.58. The maximum Gasteiger partial charge on any atom is 0.133 e. The quantitative estimate of drug-likeness (QED) is 0.812. The van der Waals surface area contributed by atoms with Crippen LogP contribution < -0.4 is 4.74 Å². The fourth-order valence-electron chi connectivity index (χ4n) is 1.65. The Bertz CT molecular complexity index is 480. The number of aryl methyl sites for hydroxylation is 1. The highest BCUT2D eigenvalue weighted by atomic mass is 79.9. The topological polar surface area (TPSA) is 9.23 Å². The van der Waals surface area contributed by atoms with Crippen LogP contribution in [0.5, 0.6) is 5.75 Å². The number of rotatable bonds is 4. The molecule has 17 heavy (non-hydrogen) atoms. The summed E-state index contributed by atoms with van der Waals surface area (Å²) in [7, 11) is 0. The van der Waals surface area contributed by atoms with Crippen LogP contribution >= 0.6 is 15.9 Å². The predicted molar refractivity (Wildman–Crippen MR) is 74.5 cm³/mol. The van der Waals surface area contributed by atoms with Crippen molar-refractivity contribution in [2.75, 3.05) is 6.61 Å². The molecule has 0 fully saturated rings. The van der Waals surface area contributed by atoms with E-state index in [0.29, 0.717) is 6.61 Å². The highest BCUT2D eigenvalue weighted by Gasteiger charge is 2.00. The molecule has 2 rings (SSSR count). The van der Waals surface area contributed by atoms with Crippen LogP contribution in [0.1, 0.15) is 11.1 Å². The van der Waals surface area contributed by atoms with Crippen molar-refractivity contribution in [3.05, 3.63) is 64.1 Å². The van der Waals surface area contributed by atoms with Gasteiger partial charge in [0, 0.05) is 6.42 Å². The molecule has 0 amide bonds. The molecule has 0 unspecified atom stereocenters. The maximum atomic E-state index is 5.75. The summed E-state index contributed by atoms with van der Waals surface area (Å²) in [5.41, 5.74) is 2.53. The molecule has 0 spiro atoms. The summed E-state index contributed by atoms with van der Waals surface area (Å²) in [6, 6.07) is 16.5. The summed E-state index contributed by atoms with van der Waals surface area (Å²) in [6.45, 7) is 2.77. The monoisotopic (exact) mass is 290 g/mol. The molecule has 0 aliphatic carbocycles. The lowest BCUT2D eigenvalue weighted by Crippen LogP contribution is -2.01. The standard InChI is InChI=1S/C15H15BrO/c1-12-7-8-15(14(16)11-12)17-10-9-13-5-3-2-4-6-13/h2-8,11H,9-10H2,1H3. The van der Waals surface area contributed by atoms with Gasteiger partial charge < -0.3 is 4.74 Å². The Labute approximate surface area is 111 Å². The average molecular weight is 291 g/mol. The van der Waals surface area contributed by atoms with Gasteiger partial charge in [0.25, 0.3) is 0 Å². The van der Waals surface area contributed by atoms with Crippen LogP contribution in [0, 0.1) is 6.92 Å². The molecule has 0 atom stereocenters. The van der Waals surface area contributed by atoms with E-state index in [-0.39, 0.29) is 0 Å². The summed E-state index contributed by atoms with van der Waals surface area (Å²) >= 11 is 3.51. The number of ether oxygens (including phenoxy) is 1. The van der Waals surface area contributed by atoms with E-state index in [9.17, 15) is 0 Å². The Balaban J connectivity index is 1.90. The molecular weight excluding hydrogens is 276 g/mol. The van der Waals surface area contributed by atoms with Gasteiger partial charge in [0.05, 0.1) is 11.1 Å². The summed E-state index contributed by atoms with van der Waals surface area (Å²) < 4.78 is 6.77. The first-order chi connectivity index (χ1) is 8.25. The molecule has 0 aromatic heterocycles. The first-order valence-electron chi connectivity index (χ1n) is 5.68. The normalized spacial score (nSPS) is 10.2. The molecule has 0 aliphatic heterocycles. The van der Waals surface area contributed by atoms with Gasteiger partial charge in [-0.25, -0.2) is 0 Å². The van der Waals surface area contributed by atoms with Gasteiger partial charge in [-0.3, -0.25) is 0 Å². The second kappa shape index (κ2) is 5.87. The van der Waals surface area contributed by atoms with Crippen molar-refractivity contribution in [2.45, 2.75) is 13.3 Å². The molecule has 2 aromatic carbocycles. The first kappa shape index (κ1) is 12.2. The molecule has 0 bridgehead atoms. The summed E-state index contributed by atoms with van der Waals surface area (Å²) in [4.78, 5) is 0. The van der Waals surface area contributed by atoms with E-state index in [4.69, 9.17) is 4.74 Å². The Hall–Kier alpha value is -1.28. The van der Waals surface area contributed by atoms with Gasteiger partial charge >= 0.3 is 0 Å². The first-order valence-corrected chi connectivity index (χ1v) is 6.48. The largest absolute Gasteiger partial charge is 0.492 e. The smallest absolute Gasteiger partial charge is 0.133 e. The molecule has 0 aliphatic rings. The van der Waals surface area contributed by atoms with Gasteiger partial charge in [0.2, 0.25) is 0 Å². The predicted octanol–water partition coefficient (Wildman–Crippen LogP) is 4.38. The van der Waals surface area contributed by atoms with Crippen LogP contribution in [0.2, 0.25) is 0 Å². The van der Waals surface area contributed by atoms with E-state index in [2.05, 4.69) is 59.3 Å². The lowest BCUT2D eigenvalue weighted by Gasteiger charge is -2.08. The van der Waals surface area contributed by atoms with Crippen molar-refractivity contribution in [3.63, 3.8) is 0 Å². The van der Waals surface area contributed by atoms with E-state index in [1.165, 1.54) is 11.1 Å². The minimum atomic E-state index is 0.700. The molecule has 2 heteroatoms. The van der Waals surface area contributed by atoms with Crippen molar-refractivity contribution in [2.24, 2.45) is 0 Å². The average Bonchev–Trinajstić information content (AvgIpc) is 2.33. The lowest BCUT2D eigenvalue weighted by atomic mass is 10.2. The Morgan fingerprint density at radius 3 is 2.53 bits per heavy atom. The molecule has 0 heterocycles.